The number of H-pyrrole nitrogens is 1. The van der Waals surface area contributed by atoms with Gasteiger partial charge in [0.25, 0.3) is 0 Å². The lowest BCUT2D eigenvalue weighted by Crippen LogP contribution is -2.19. The minimum Gasteiger partial charge on any atom is -0.466 e. The van der Waals surface area contributed by atoms with Crippen molar-refractivity contribution in [2.45, 2.75) is 19.3 Å². The van der Waals surface area contributed by atoms with Crippen LogP contribution >= 0.6 is 0 Å². The van der Waals surface area contributed by atoms with Crippen molar-refractivity contribution < 1.29 is 9.53 Å². The topological polar surface area (TPSA) is 76.5 Å². The number of hydrogen-bond acceptors (Lipinski definition) is 4. The van der Waals surface area contributed by atoms with Crippen molar-refractivity contribution in [3.63, 3.8) is 0 Å². The number of methoxy groups -OCH3 is 1. The number of nitrogens with zero attached hydrogens (tertiary/aromatic N) is 2. The van der Waals surface area contributed by atoms with Gasteiger partial charge in [0.05, 0.1) is 7.11 Å². The number of hydrogen-bond donors (Lipinski definition) is 1. The van der Waals surface area contributed by atoms with Crippen molar-refractivity contribution in [2.75, 3.05) is 7.11 Å². The molecule has 0 saturated heterocycles. The number of rotatable bonds is 2. The van der Waals surface area contributed by atoms with Crippen LogP contribution < -0.4 is 5.69 Å². The highest BCUT2D eigenvalue weighted by atomic mass is 16.5. The zero-order valence-electron chi connectivity index (χ0n) is 10.5. The van der Waals surface area contributed by atoms with E-state index in [0.717, 1.165) is 18.4 Å². The van der Waals surface area contributed by atoms with Gasteiger partial charge in [-0.15, -0.1) is 0 Å². The highest BCUT2D eigenvalue weighted by molar-refractivity contribution is 5.97. The van der Waals surface area contributed by atoms with Crippen LogP contribution in [0.1, 0.15) is 25.1 Å². The number of carbonyl (C=O) groups excluding carboxylic acids is 1. The molecule has 2 heterocycles. The number of aromatic nitrogens is 3. The summed E-state index contributed by atoms with van der Waals surface area (Å²) in [7, 11) is 1.36. The van der Waals surface area contributed by atoms with Crippen LogP contribution in [-0.2, 0) is 9.53 Å². The van der Waals surface area contributed by atoms with E-state index >= 15 is 0 Å². The first-order valence-corrected chi connectivity index (χ1v) is 6.09. The molecule has 98 valence electrons. The van der Waals surface area contributed by atoms with E-state index in [1.54, 1.807) is 18.3 Å². The van der Waals surface area contributed by atoms with E-state index in [4.69, 9.17) is 4.74 Å². The smallest absolute Gasteiger partial charge is 0.334 e. The van der Waals surface area contributed by atoms with Crippen LogP contribution in [0.15, 0.2) is 28.7 Å². The van der Waals surface area contributed by atoms with E-state index in [1.165, 1.54) is 11.5 Å². The number of fused-ring (bicyclic) bond motifs is 1. The van der Waals surface area contributed by atoms with Crippen molar-refractivity contribution >= 4 is 17.2 Å². The Morgan fingerprint density at radius 2 is 2.32 bits per heavy atom. The van der Waals surface area contributed by atoms with Gasteiger partial charge in [0.1, 0.15) is 11.5 Å². The molecule has 0 amide bonds. The van der Waals surface area contributed by atoms with E-state index in [1.807, 2.05) is 0 Å². The molecule has 19 heavy (non-hydrogen) atoms. The predicted octanol–water partition coefficient (Wildman–Crippen LogP) is 1.13. The second-order valence-electron chi connectivity index (χ2n) is 4.43. The zero-order valence-corrected chi connectivity index (χ0v) is 10.5. The highest BCUT2D eigenvalue weighted by Crippen LogP contribution is 2.32. The molecule has 1 aliphatic rings. The standard InChI is InChI=1S/C13H13N3O3/c1-19-12(17)9-5-2-4-8(9)11-14-10-6-3-7-16(10)13(18)15-11/h3,6-7H,2,4-5H2,1H3,(H,14,15,18). The summed E-state index contributed by atoms with van der Waals surface area (Å²) in [5.41, 5.74) is 1.71. The number of ether oxygens (including phenoxy) is 1. The van der Waals surface area contributed by atoms with Crippen molar-refractivity contribution in [3.05, 3.63) is 40.2 Å². The third-order valence-corrected chi connectivity index (χ3v) is 3.33. The fraction of sp³-hybridized carbons (Fsp3) is 0.308. The largest absolute Gasteiger partial charge is 0.466 e. The Morgan fingerprint density at radius 1 is 1.47 bits per heavy atom. The summed E-state index contributed by atoms with van der Waals surface area (Å²) in [4.78, 5) is 30.7. The molecule has 0 atom stereocenters. The molecular formula is C13H13N3O3. The van der Waals surface area contributed by atoms with Crippen molar-refractivity contribution in [3.8, 4) is 0 Å². The second-order valence-corrected chi connectivity index (χ2v) is 4.43. The predicted molar refractivity (Wildman–Crippen MR) is 68.6 cm³/mol. The summed E-state index contributed by atoms with van der Waals surface area (Å²) in [6, 6.07) is 3.51. The third kappa shape index (κ3) is 1.85. The zero-order chi connectivity index (χ0) is 13.4. The summed E-state index contributed by atoms with van der Waals surface area (Å²) < 4.78 is 6.19. The van der Waals surface area contributed by atoms with E-state index < -0.39 is 0 Å². The fourth-order valence-electron chi connectivity index (χ4n) is 2.44. The van der Waals surface area contributed by atoms with Gasteiger partial charge in [0.2, 0.25) is 0 Å². The lowest BCUT2D eigenvalue weighted by molar-refractivity contribution is -0.136. The molecular weight excluding hydrogens is 246 g/mol. The molecule has 2 aromatic rings. The average Bonchev–Trinajstić information content (AvgIpc) is 3.05. The third-order valence-electron chi connectivity index (χ3n) is 3.33. The van der Waals surface area contributed by atoms with Crippen LogP contribution in [0.5, 0.6) is 0 Å². The van der Waals surface area contributed by atoms with Gasteiger partial charge in [-0.1, -0.05) is 0 Å². The molecule has 0 fully saturated rings. The summed E-state index contributed by atoms with van der Waals surface area (Å²) in [6.45, 7) is 0. The molecule has 6 heteroatoms. The van der Waals surface area contributed by atoms with Crippen molar-refractivity contribution in [1.82, 2.24) is 14.4 Å². The van der Waals surface area contributed by atoms with Crippen LogP contribution in [0.25, 0.3) is 11.2 Å². The molecule has 0 aliphatic heterocycles. The Balaban J connectivity index is 2.18. The van der Waals surface area contributed by atoms with Gasteiger partial charge < -0.3 is 4.74 Å². The van der Waals surface area contributed by atoms with Gasteiger partial charge in [0, 0.05) is 17.3 Å². The summed E-state index contributed by atoms with van der Waals surface area (Å²) in [5.74, 6) is 0.125. The maximum Gasteiger partial charge on any atom is 0.334 e. The molecule has 0 aromatic carbocycles. The van der Waals surface area contributed by atoms with Gasteiger partial charge in [-0.05, 0) is 31.4 Å². The first-order chi connectivity index (χ1) is 9.20. The van der Waals surface area contributed by atoms with E-state index in [9.17, 15) is 9.59 Å². The molecule has 0 saturated carbocycles. The summed E-state index contributed by atoms with van der Waals surface area (Å²) in [6.07, 6.45) is 3.91. The van der Waals surface area contributed by atoms with E-state index in [0.29, 0.717) is 23.5 Å². The number of aromatic amines is 1. The number of allylic oxidation sites excluding steroid dienone is 1. The first-order valence-electron chi connectivity index (χ1n) is 6.09. The minimum atomic E-state index is -0.342. The van der Waals surface area contributed by atoms with Crippen LogP contribution in [0.2, 0.25) is 0 Å². The molecule has 1 N–H and O–H groups in total. The fourth-order valence-corrected chi connectivity index (χ4v) is 2.44. The maximum atomic E-state index is 11.9. The SMILES string of the molecule is COC(=O)C1=C(c2nc3cccn3c(=O)[nH]2)CCC1. The molecule has 2 aromatic heterocycles. The number of esters is 1. The Labute approximate surface area is 108 Å². The van der Waals surface area contributed by atoms with Crippen LogP contribution in [-0.4, -0.2) is 27.4 Å². The molecule has 0 radical (unpaired) electrons. The first kappa shape index (κ1) is 11.7. The molecule has 0 bridgehead atoms. The maximum absolute atomic E-state index is 11.9. The van der Waals surface area contributed by atoms with Gasteiger partial charge in [-0.25, -0.2) is 14.6 Å². The Morgan fingerprint density at radius 3 is 3.11 bits per heavy atom. The molecule has 0 unspecified atom stereocenters. The summed E-state index contributed by atoms with van der Waals surface area (Å²) >= 11 is 0. The second kappa shape index (κ2) is 4.38. The molecule has 3 rings (SSSR count). The van der Waals surface area contributed by atoms with E-state index in [2.05, 4.69) is 9.97 Å². The van der Waals surface area contributed by atoms with Gasteiger partial charge in [0.15, 0.2) is 0 Å². The average molecular weight is 259 g/mol. The van der Waals surface area contributed by atoms with E-state index in [-0.39, 0.29) is 11.7 Å². The summed E-state index contributed by atoms with van der Waals surface area (Å²) in [5, 5.41) is 0. The van der Waals surface area contributed by atoms with Gasteiger partial charge >= 0.3 is 11.7 Å². The van der Waals surface area contributed by atoms with Crippen molar-refractivity contribution in [2.24, 2.45) is 0 Å². The van der Waals surface area contributed by atoms with Gasteiger partial charge in [-0.2, -0.15) is 0 Å². The highest BCUT2D eigenvalue weighted by Gasteiger charge is 2.24. The lowest BCUT2D eigenvalue weighted by atomic mass is 10.1. The van der Waals surface area contributed by atoms with Crippen LogP contribution in [0.3, 0.4) is 0 Å². The Kier molecular flexibility index (Phi) is 2.70. The van der Waals surface area contributed by atoms with Crippen LogP contribution in [0.4, 0.5) is 0 Å². The normalized spacial score (nSPS) is 15.2. The quantitative estimate of drug-likeness (QED) is 0.820. The lowest BCUT2D eigenvalue weighted by Gasteiger charge is -2.05. The molecule has 0 spiro atoms. The van der Waals surface area contributed by atoms with Crippen molar-refractivity contribution in [1.29, 1.82) is 0 Å². The number of carbonyl (C=O) groups is 1. The van der Waals surface area contributed by atoms with Crippen LogP contribution in [0, 0.1) is 0 Å². The molecule has 6 nitrogen and oxygen atoms in total. The Bertz CT molecular complexity index is 739. The monoisotopic (exact) mass is 259 g/mol. The number of nitrogens with one attached hydrogen (secondary N) is 1. The minimum absolute atomic E-state index is 0.256. The van der Waals surface area contributed by atoms with Gasteiger partial charge in [-0.3, -0.25) is 9.38 Å². The Hall–Kier alpha value is -2.37. The molecule has 1 aliphatic carbocycles.